The second kappa shape index (κ2) is 7.87. The van der Waals surface area contributed by atoms with Gasteiger partial charge in [0.05, 0.1) is 5.56 Å². The van der Waals surface area contributed by atoms with Gasteiger partial charge in [0, 0.05) is 0 Å². The molecule has 0 saturated carbocycles. The zero-order chi connectivity index (χ0) is 19.6. The molecule has 3 nitrogen and oxygen atoms in total. The summed E-state index contributed by atoms with van der Waals surface area (Å²) in [5, 5.41) is 0. The van der Waals surface area contributed by atoms with Gasteiger partial charge in [0.15, 0.2) is 0 Å². The van der Waals surface area contributed by atoms with Crippen LogP contribution in [-0.4, -0.2) is 21.4 Å². The molecule has 0 unspecified atom stereocenters. The number of alkyl halides is 3. The summed E-state index contributed by atoms with van der Waals surface area (Å²) in [5.74, 6) is 0. The first-order chi connectivity index (χ1) is 13.5. The summed E-state index contributed by atoms with van der Waals surface area (Å²) in [6.07, 6.45) is -4.45. The molecule has 1 fully saturated rings. The molecule has 1 heterocycles. The van der Waals surface area contributed by atoms with Crippen LogP contribution >= 0.6 is 0 Å². The molecule has 3 aromatic rings. The van der Waals surface area contributed by atoms with E-state index in [9.17, 15) is 13.2 Å². The number of hydrogen-bond acceptors (Lipinski definition) is 3. The minimum Gasteiger partial charge on any atom is -0.445 e. The first-order valence-corrected chi connectivity index (χ1v) is 8.74. The van der Waals surface area contributed by atoms with Crippen LogP contribution in [-0.2, 0) is 19.9 Å². The molecule has 1 aliphatic rings. The zero-order valence-corrected chi connectivity index (χ0v) is 14.7. The van der Waals surface area contributed by atoms with Crippen LogP contribution in [0.1, 0.15) is 5.56 Å². The molecule has 28 heavy (non-hydrogen) atoms. The summed E-state index contributed by atoms with van der Waals surface area (Å²) < 4.78 is 57.0. The summed E-state index contributed by atoms with van der Waals surface area (Å²) in [4.78, 5) is 0. The molecule has 1 saturated heterocycles. The molecule has 0 bridgehead atoms. The second-order valence-electron chi connectivity index (χ2n) is 6.35. The van der Waals surface area contributed by atoms with E-state index in [-0.39, 0.29) is 5.46 Å². The SMILES string of the molecule is FC(F)(F)c1cccc(B2OB(c3ccccc3)OB(c3ccccc3)O2)c1. The van der Waals surface area contributed by atoms with Gasteiger partial charge in [-0.2, -0.15) is 13.2 Å². The molecule has 1 aliphatic heterocycles. The van der Waals surface area contributed by atoms with Crippen molar-refractivity contribution in [2.24, 2.45) is 0 Å². The highest BCUT2D eigenvalue weighted by Crippen LogP contribution is 2.28. The Morgan fingerprint density at radius 3 is 1.43 bits per heavy atom. The fraction of sp³-hybridized carbons (Fsp3) is 0.0526. The Morgan fingerprint density at radius 2 is 0.964 bits per heavy atom. The smallest absolute Gasteiger partial charge is 0.445 e. The molecule has 3 aromatic carbocycles. The van der Waals surface area contributed by atoms with Gasteiger partial charge in [-0.25, -0.2) is 0 Å². The number of rotatable bonds is 3. The molecule has 0 atom stereocenters. The van der Waals surface area contributed by atoms with E-state index in [1.165, 1.54) is 6.07 Å². The van der Waals surface area contributed by atoms with Crippen LogP contribution in [0.5, 0.6) is 0 Å². The van der Waals surface area contributed by atoms with Crippen LogP contribution in [0.25, 0.3) is 0 Å². The van der Waals surface area contributed by atoms with Gasteiger partial charge in [0.1, 0.15) is 0 Å². The molecule has 0 amide bonds. The second-order valence-corrected chi connectivity index (χ2v) is 6.35. The molecule has 0 spiro atoms. The van der Waals surface area contributed by atoms with E-state index in [1.807, 2.05) is 60.7 Å². The highest BCUT2D eigenvalue weighted by Gasteiger charge is 2.44. The average Bonchev–Trinajstić information content (AvgIpc) is 2.74. The third-order valence-corrected chi connectivity index (χ3v) is 4.37. The highest BCUT2D eigenvalue weighted by atomic mass is 19.4. The number of hydrogen-bond donors (Lipinski definition) is 0. The lowest BCUT2D eigenvalue weighted by atomic mass is 9.61. The van der Waals surface area contributed by atoms with Gasteiger partial charge in [-0.15, -0.1) is 0 Å². The quantitative estimate of drug-likeness (QED) is 0.653. The zero-order valence-electron chi connectivity index (χ0n) is 14.7. The van der Waals surface area contributed by atoms with E-state index < -0.39 is 33.1 Å². The number of halogens is 3. The van der Waals surface area contributed by atoms with Crippen molar-refractivity contribution in [3.63, 3.8) is 0 Å². The molecule has 4 rings (SSSR count). The Balaban J connectivity index is 1.68. The third kappa shape index (κ3) is 4.17. The van der Waals surface area contributed by atoms with Crippen molar-refractivity contribution in [1.82, 2.24) is 0 Å². The van der Waals surface area contributed by atoms with Gasteiger partial charge < -0.3 is 13.7 Å². The fourth-order valence-electron chi connectivity index (χ4n) is 2.99. The van der Waals surface area contributed by atoms with Gasteiger partial charge in [-0.05, 0) is 16.4 Å². The molecule has 0 aromatic heterocycles. The topological polar surface area (TPSA) is 27.7 Å². The molecular weight excluding hydrogens is 366 g/mol. The van der Waals surface area contributed by atoms with Crippen molar-refractivity contribution in [2.75, 3.05) is 0 Å². The van der Waals surface area contributed by atoms with Gasteiger partial charge in [-0.3, -0.25) is 0 Å². The standard InChI is InChI=1S/C19H14B3F3O3/c23-19(24,25)15-8-7-13-18(14-15)22-27-20(16-9-3-1-4-10-16)26-21(28-22)17-11-5-2-6-12-17/h1-14H. The monoisotopic (exact) mass is 380 g/mol. The van der Waals surface area contributed by atoms with Crippen molar-refractivity contribution in [1.29, 1.82) is 0 Å². The van der Waals surface area contributed by atoms with Gasteiger partial charge >= 0.3 is 27.5 Å². The van der Waals surface area contributed by atoms with Crippen LogP contribution in [0.4, 0.5) is 13.2 Å². The summed E-state index contributed by atoms with van der Waals surface area (Å²) in [6, 6.07) is 23.4. The van der Waals surface area contributed by atoms with Crippen molar-refractivity contribution in [3.8, 4) is 0 Å². The Morgan fingerprint density at radius 1 is 0.536 bits per heavy atom. The first kappa shape index (κ1) is 18.9. The maximum atomic E-state index is 13.1. The van der Waals surface area contributed by atoms with Crippen LogP contribution < -0.4 is 16.4 Å². The predicted molar refractivity (Wildman–Crippen MR) is 104 cm³/mol. The highest BCUT2D eigenvalue weighted by molar-refractivity contribution is 6.87. The summed E-state index contributed by atoms with van der Waals surface area (Å²) in [5.41, 5.74) is 1.03. The maximum Gasteiger partial charge on any atom is 0.467 e. The van der Waals surface area contributed by atoms with Gasteiger partial charge in [0.2, 0.25) is 0 Å². The summed E-state index contributed by atoms with van der Waals surface area (Å²) >= 11 is 0. The lowest BCUT2D eigenvalue weighted by molar-refractivity contribution is -0.137. The molecule has 138 valence electrons. The fourth-order valence-corrected chi connectivity index (χ4v) is 2.99. The van der Waals surface area contributed by atoms with E-state index in [4.69, 9.17) is 13.7 Å². The van der Waals surface area contributed by atoms with Gasteiger partial charge in [0.25, 0.3) is 0 Å². The molecule has 0 N–H and O–H groups in total. The van der Waals surface area contributed by atoms with Crippen molar-refractivity contribution >= 4 is 37.7 Å². The van der Waals surface area contributed by atoms with Gasteiger partial charge in [-0.1, -0.05) is 84.9 Å². The first-order valence-electron chi connectivity index (χ1n) is 8.74. The third-order valence-electron chi connectivity index (χ3n) is 4.37. The molecule has 9 heteroatoms. The van der Waals surface area contributed by atoms with Crippen LogP contribution in [0.15, 0.2) is 84.9 Å². The van der Waals surface area contributed by atoms with E-state index in [1.54, 1.807) is 6.07 Å². The maximum absolute atomic E-state index is 13.1. The van der Waals surface area contributed by atoms with E-state index in [2.05, 4.69) is 0 Å². The van der Waals surface area contributed by atoms with E-state index in [0.717, 1.165) is 23.1 Å². The average molecular weight is 380 g/mol. The lowest BCUT2D eigenvalue weighted by Crippen LogP contribution is -2.61. The molecular formula is C19H14B3F3O3. The van der Waals surface area contributed by atoms with Crippen molar-refractivity contribution in [3.05, 3.63) is 90.5 Å². The predicted octanol–water partition coefficient (Wildman–Crippen LogP) is 2.25. The lowest BCUT2D eigenvalue weighted by Gasteiger charge is -2.31. The van der Waals surface area contributed by atoms with E-state index in [0.29, 0.717) is 0 Å². The Hall–Kier alpha value is -2.48. The minimum absolute atomic E-state index is 0.278. The normalized spacial score (nSPS) is 15.0. The summed E-state index contributed by atoms with van der Waals surface area (Å²) in [6.45, 7) is 0. The Kier molecular flexibility index (Phi) is 5.30. The molecule has 0 radical (unpaired) electrons. The largest absolute Gasteiger partial charge is 0.467 e. The van der Waals surface area contributed by atoms with Crippen molar-refractivity contribution in [2.45, 2.75) is 6.18 Å². The number of benzene rings is 3. The van der Waals surface area contributed by atoms with Crippen LogP contribution in [0, 0.1) is 0 Å². The Bertz CT molecular complexity index is 878. The van der Waals surface area contributed by atoms with E-state index >= 15 is 0 Å². The van der Waals surface area contributed by atoms with Crippen LogP contribution in [0.3, 0.4) is 0 Å². The molecule has 0 aliphatic carbocycles. The Labute approximate surface area is 161 Å². The van der Waals surface area contributed by atoms with Crippen LogP contribution in [0.2, 0.25) is 0 Å². The summed E-state index contributed by atoms with van der Waals surface area (Å²) in [7, 11) is -2.56. The minimum atomic E-state index is -4.45. The van der Waals surface area contributed by atoms with Crippen molar-refractivity contribution < 1.29 is 26.9 Å².